The molecule has 0 bridgehead atoms. The van der Waals surface area contributed by atoms with Gasteiger partial charge in [-0.2, -0.15) is 0 Å². The molecule has 0 heterocycles. The summed E-state index contributed by atoms with van der Waals surface area (Å²) in [4.78, 5) is 14.8. The molecule has 0 aliphatic heterocycles. The van der Waals surface area contributed by atoms with Crippen LogP contribution >= 0.6 is 0 Å². The van der Waals surface area contributed by atoms with Gasteiger partial charge in [-0.15, -0.1) is 4.36 Å². The zero-order valence-electron chi connectivity index (χ0n) is 13.7. The molecule has 0 spiro atoms. The third kappa shape index (κ3) is 4.06. The van der Waals surface area contributed by atoms with Crippen molar-refractivity contribution in [1.82, 2.24) is 4.90 Å². The van der Waals surface area contributed by atoms with E-state index in [1.807, 2.05) is 59.7 Å². The standard InChI is InChI=1S/C16H26N2O2S/c1-12(2)18(13(3)4)16(19)17-21(20,14(5)6)15-10-8-7-9-11-15/h7-14H,1-6H3/t21-/m0/s1. The first-order valence-electron chi connectivity index (χ1n) is 7.33. The summed E-state index contributed by atoms with van der Waals surface area (Å²) >= 11 is 0. The van der Waals surface area contributed by atoms with Gasteiger partial charge in [0.1, 0.15) is 0 Å². The minimum atomic E-state index is -2.76. The molecular weight excluding hydrogens is 284 g/mol. The highest BCUT2D eigenvalue weighted by molar-refractivity contribution is 7.94. The van der Waals surface area contributed by atoms with Gasteiger partial charge in [0.25, 0.3) is 0 Å². The summed E-state index contributed by atoms with van der Waals surface area (Å²) in [5.74, 6) is 0. The van der Waals surface area contributed by atoms with Crippen molar-refractivity contribution in [2.24, 2.45) is 4.36 Å². The van der Waals surface area contributed by atoms with Gasteiger partial charge in [0.05, 0.1) is 9.73 Å². The van der Waals surface area contributed by atoms with Crippen LogP contribution < -0.4 is 0 Å². The fourth-order valence-electron chi connectivity index (χ4n) is 2.25. The van der Waals surface area contributed by atoms with Gasteiger partial charge in [0, 0.05) is 22.2 Å². The lowest BCUT2D eigenvalue weighted by molar-refractivity contribution is 0.175. The molecule has 5 heteroatoms. The predicted octanol–water partition coefficient (Wildman–Crippen LogP) is 4.16. The summed E-state index contributed by atoms with van der Waals surface area (Å²) in [7, 11) is -2.76. The maximum Gasteiger partial charge on any atom is 0.352 e. The van der Waals surface area contributed by atoms with Gasteiger partial charge < -0.3 is 4.90 Å². The van der Waals surface area contributed by atoms with Crippen molar-refractivity contribution >= 4 is 15.8 Å². The SMILES string of the molecule is CC(C)N(C(=O)N=[S@@](=O)(c1ccccc1)C(C)C)C(C)C. The van der Waals surface area contributed by atoms with E-state index in [9.17, 15) is 9.00 Å². The van der Waals surface area contributed by atoms with Gasteiger partial charge in [-0.25, -0.2) is 9.00 Å². The summed E-state index contributed by atoms with van der Waals surface area (Å²) in [5.41, 5.74) is 0. The maximum atomic E-state index is 13.2. The molecule has 2 amide bonds. The molecule has 4 nitrogen and oxygen atoms in total. The second-order valence-corrected chi connectivity index (χ2v) is 8.63. The fraction of sp³-hybridized carbons (Fsp3) is 0.562. The number of nitrogens with zero attached hydrogens (tertiary/aromatic N) is 2. The highest BCUT2D eigenvalue weighted by Crippen LogP contribution is 2.20. The predicted molar refractivity (Wildman–Crippen MR) is 87.9 cm³/mol. The average molecular weight is 310 g/mol. The van der Waals surface area contributed by atoms with Crippen LogP contribution in [0.25, 0.3) is 0 Å². The van der Waals surface area contributed by atoms with Crippen molar-refractivity contribution in [2.45, 2.75) is 63.8 Å². The van der Waals surface area contributed by atoms with Crippen molar-refractivity contribution in [3.05, 3.63) is 30.3 Å². The van der Waals surface area contributed by atoms with E-state index in [1.165, 1.54) is 0 Å². The van der Waals surface area contributed by atoms with Crippen molar-refractivity contribution in [2.75, 3.05) is 0 Å². The van der Waals surface area contributed by atoms with Crippen molar-refractivity contribution in [3.63, 3.8) is 0 Å². The monoisotopic (exact) mass is 310 g/mol. The molecule has 118 valence electrons. The summed E-state index contributed by atoms with van der Waals surface area (Å²) in [5, 5.41) is -0.231. The van der Waals surface area contributed by atoms with Crippen molar-refractivity contribution < 1.29 is 9.00 Å². The number of hydrogen-bond acceptors (Lipinski definition) is 2. The summed E-state index contributed by atoms with van der Waals surface area (Å²) in [6.45, 7) is 11.4. The average Bonchev–Trinajstić information content (AvgIpc) is 2.38. The Hall–Kier alpha value is -1.36. The Labute approximate surface area is 128 Å². The summed E-state index contributed by atoms with van der Waals surface area (Å²) in [6.07, 6.45) is 0. The van der Waals surface area contributed by atoms with E-state index in [0.29, 0.717) is 4.90 Å². The van der Waals surface area contributed by atoms with Crippen LogP contribution in [-0.2, 0) is 9.73 Å². The van der Waals surface area contributed by atoms with Crippen LogP contribution in [0.3, 0.4) is 0 Å². The Balaban J connectivity index is 3.35. The molecule has 1 aromatic rings. The molecule has 0 aliphatic rings. The zero-order valence-corrected chi connectivity index (χ0v) is 14.6. The first kappa shape index (κ1) is 17.7. The molecule has 0 unspecified atom stereocenters. The van der Waals surface area contributed by atoms with E-state index in [0.717, 1.165) is 0 Å². The second-order valence-electron chi connectivity index (χ2n) is 5.90. The molecule has 0 saturated heterocycles. The first-order chi connectivity index (χ1) is 9.70. The zero-order chi connectivity index (χ0) is 16.2. The highest BCUT2D eigenvalue weighted by Gasteiger charge is 2.25. The fourth-order valence-corrected chi connectivity index (χ4v) is 3.98. The molecule has 0 N–H and O–H groups in total. The molecule has 0 aromatic heterocycles. The number of urea groups is 1. The Morgan fingerprint density at radius 1 is 1.00 bits per heavy atom. The molecular formula is C16H26N2O2S. The van der Waals surface area contributed by atoms with Gasteiger partial charge in [-0.1, -0.05) is 18.2 Å². The normalized spacial score (nSPS) is 14.3. The number of carbonyl (C=O) groups is 1. The molecule has 0 fully saturated rings. The number of rotatable bonds is 4. The van der Waals surface area contributed by atoms with E-state index in [-0.39, 0.29) is 17.3 Å². The molecule has 1 rings (SSSR count). The van der Waals surface area contributed by atoms with Crippen LogP contribution in [0, 0.1) is 0 Å². The van der Waals surface area contributed by atoms with E-state index >= 15 is 0 Å². The molecule has 0 aliphatic carbocycles. The number of benzene rings is 1. The van der Waals surface area contributed by atoms with Crippen molar-refractivity contribution in [1.29, 1.82) is 0 Å². The van der Waals surface area contributed by atoms with E-state index in [2.05, 4.69) is 4.36 Å². The van der Waals surface area contributed by atoms with E-state index < -0.39 is 15.8 Å². The second kappa shape index (κ2) is 7.07. The number of amides is 2. The van der Waals surface area contributed by atoms with E-state index in [4.69, 9.17) is 0 Å². The van der Waals surface area contributed by atoms with Gasteiger partial charge in [-0.3, -0.25) is 0 Å². The lowest BCUT2D eigenvalue weighted by Crippen LogP contribution is -2.41. The van der Waals surface area contributed by atoms with Crippen LogP contribution in [-0.4, -0.2) is 32.5 Å². The molecule has 0 saturated carbocycles. The van der Waals surface area contributed by atoms with Crippen LogP contribution in [0.15, 0.2) is 39.6 Å². The summed E-state index contributed by atoms with van der Waals surface area (Å²) < 4.78 is 17.4. The number of carbonyl (C=O) groups excluding carboxylic acids is 1. The maximum absolute atomic E-state index is 13.2. The minimum absolute atomic E-state index is 0.0211. The van der Waals surface area contributed by atoms with Crippen LogP contribution in [0.5, 0.6) is 0 Å². The third-order valence-electron chi connectivity index (χ3n) is 3.27. The summed E-state index contributed by atoms with van der Waals surface area (Å²) in [6, 6.07) is 8.69. The van der Waals surface area contributed by atoms with Crippen LogP contribution in [0.2, 0.25) is 0 Å². The molecule has 0 radical (unpaired) electrons. The number of hydrogen-bond donors (Lipinski definition) is 0. The van der Waals surface area contributed by atoms with Gasteiger partial charge >= 0.3 is 6.03 Å². The lowest BCUT2D eigenvalue weighted by atomic mass is 10.2. The van der Waals surface area contributed by atoms with E-state index in [1.54, 1.807) is 17.0 Å². The van der Waals surface area contributed by atoms with Crippen LogP contribution in [0.4, 0.5) is 4.79 Å². The molecule has 1 atom stereocenters. The third-order valence-corrected chi connectivity index (χ3v) is 5.92. The largest absolute Gasteiger partial charge is 0.352 e. The first-order valence-corrected chi connectivity index (χ1v) is 8.91. The Kier molecular flexibility index (Phi) is 5.96. The van der Waals surface area contributed by atoms with Crippen molar-refractivity contribution in [3.8, 4) is 0 Å². The Morgan fingerprint density at radius 3 is 1.86 bits per heavy atom. The van der Waals surface area contributed by atoms with Gasteiger partial charge in [-0.05, 0) is 53.7 Å². The molecule has 21 heavy (non-hydrogen) atoms. The van der Waals surface area contributed by atoms with Gasteiger partial charge in [0.2, 0.25) is 0 Å². The minimum Gasteiger partial charge on any atom is -0.318 e. The topological polar surface area (TPSA) is 49.7 Å². The Morgan fingerprint density at radius 2 is 1.48 bits per heavy atom. The lowest BCUT2D eigenvalue weighted by Gasteiger charge is -2.29. The molecule has 1 aromatic carbocycles. The van der Waals surface area contributed by atoms with Crippen LogP contribution in [0.1, 0.15) is 41.5 Å². The smallest absolute Gasteiger partial charge is 0.318 e. The highest BCUT2D eigenvalue weighted by atomic mass is 32.2. The van der Waals surface area contributed by atoms with Gasteiger partial charge in [0.15, 0.2) is 0 Å². The quantitative estimate of drug-likeness (QED) is 0.838. The Bertz CT molecular complexity index is 578.